The second-order valence-electron chi connectivity index (χ2n) is 8.35. The van der Waals surface area contributed by atoms with E-state index in [4.69, 9.17) is 11.6 Å². The van der Waals surface area contributed by atoms with E-state index < -0.39 is 26.5 Å². The molecule has 0 saturated carbocycles. The monoisotopic (exact) mass is 561 g/mol. The number of phenols is 1. The molecule has 0 fully saturated rings. The van der Waals surface area contributed by atoms with E-state index in [2.05, 4.69) is 35.8 Å². The van der Waals surface area contributed by atoms with Gasteiger partial charge in [0.15, 0.2) is 5.75 Å². The summed E-state index contributed by atoms with van der Waals surface area (Å²) in [5.41, 5.74) is 2.03. The highest BCUT2D eigenvalue weighted by Gasteiger charge is 2.23. The topological polar surface area (TPSA) is 162 Å². The Bertz CT molecular complexity index is 1820. The van der Waals surface area contributed by atoms with E-state index >= 15 is 0 Å². The Morgan fingerprint density at radius 1 is 0.846 bits per heavy atom. The summed E-state index contributed by atoms with van der Waals surface area (Å²) in [6.07, 6.45) is 0. The predicted octanol–water partition coefficient (Wildman–Crippen LogP) is 6.84. The molecule has 4 aromatic carbocycles. The largest absolute Gasteiger partial charge is 0.505 e. The second-order valence-corrected chi connectivity index (χ2v) is 10.1. The van der Waals surface area contributed by atoms with Gasteiger partial charge in [-0.25, -0.2) is 0 Å². The number of azo groups is 1. The summed E-state index contributed by atoms with van der Waals surface area (Å²) in [4.78, 5) is 11.9. The number of hydrogen-bond donors (Lipinski definition) is 4. The number of benzene rings is 4. The molecule has 11 nitrogen and oxygen atoms in total. The summed E-state index contributed by atoms with van der Waals surface area (Å²) in [6.45, 7) is 1.90. The van der Waals surface area contributed by atoms with Gasteiger partial charge in [0.05, 0.1) is 11.4 Å². The smallest absolute Gasteiger partial charge is 0.296 e. The first kappa shape index (κ1) is 26.0. The number of hydrogen-bond acceptors (Lipinski definition) is 10. The zero-order chi connectivity index (χ0) is 27.6. The summed E-state index contributed by atoms with van der Waals surface area (Å²) in [5.74, 6) is -0.293. The quantitative estimate of drug-likeness (QED) is 0.123. The number of aryl methyl sites for hydroxylation is 1. The maximum atomic E-state index is 12.2. The van der Waals surface area contributed by atoms with Crippen LogP contribution in [-0.4, -0.2) is 33.0 Å². The van der Waals surface area contributed by atoms with Crippen LogP contribution in [0.2, 0.25) is 5.28 Å². The van der Waals surface area contributed by atoms with Gasteiger partial charge in [-0.1, -0.05) is 48.0 Å². The molecule has 1 heterocycles. The van der Waals surface area contributed by atoms with Crippen LogP contribution in [-0.2, 0) is 10.1 Å². The van der Waals surface area contributed by atoms with Crippen molar-refractivity contribution in [2.75, 3.05) is 10.6 Å². The Labute approximate surface area is 228 Å². The van der Waals surface area contributed by atoms with Crippen LogP contribution in [0.5, 0.6) is 5.75 Å². The Kier molecular flexibility index (Phi) is 7.07. The zero-order valence-corrected chi connectivity index (χ0v) is 21.8. The molecule has 196 valence electrons. The maximum absolute atomic E-state index is 12.2. The van der Waals surface area contributed by atoms with Gasteiger partial charge in [-0.15, -0.1) is 5.11 Å². The van der Waals surface area contributed by atoms with Crippen molar-refractivity contribution in [2.24, 2.45) is 10.2 Å². The van der Waals surface area contributed by atoms with Gasteiger partial charge in [-0.2, -0.15) is 28.5 Å². The normalized spacial score (nSPS) is 11.7. The molecular weight excluding hydrogens is 542 g/mol. The van der Waals surface area contributed by atoms with Gasteiger partial charge in [0.2, 0.25) is 17.2 Å². The zero-order valence-electron chi connectivity index (χ0n) is 20.2. The molecule has 0 aliphatic carbocycles. The van der Waals surface area contributed by atoms with Gasteiger partial charge in [-0.05, 0) is 60.3 Å². The third kappa shape index (κ3) is 5.93. The van der Waals surface area contributed by atoms with Gasteiger partial charge in [0, 0.05) is 11.1 Å². The summed E-state index contributed by atoms with van der Waals surface area (Å²) in [6, 6.07) is 22.2. The Hall–Kier alpha value is -4.65. The first-order valence-electron chi connectivity index (χ1n) is 11.4. The average molecular weight is 562 g/mol. The van der Waals surface area contributed by atoms with Crippen LogP contribution in [0, 0.1) is 6.92 Å². The fourth-order valence-corrected chi connectivity index (χ4v) is 4.57. The predicted molar refractivity (Wildman–Crippen MR) is 149 cm³/mol. The van der Waals surface area contributed by atoms with Gasteiger partial charge in [0.25, 0.3) is 10.1 Å². The molecule has 0 radical (unpaired) electrons. The van der Waals surface area contributed by atoms with Crippen molar-refractivity contribution in [3.63, 3.8) is 0 Å². The highest BCUT2D eigenvalue weighted by molar-refractivity contribution is 7.86. The molecule has 1 aromatic heterocycles. The fraction of sp³-hybridized carbons (Fsp3) is 0.0385. The van der Waals surface area contributed by atoms with Gasteiger partial charge < -0.3 is 15.7 Å². The molecule has 0 atom stereocenters. The lowest BCUT2D eigenvalue weighted by Crippen LogP contribution is -2.04. The third-order valence-electron chi connectivity index (χ3n) is 5.54. The van der Waals surface area contributed by atoms with E-state index in [9.17, 15) is 18.1 Å². The number of nitrogens with zero attached hydrogens (tertiary/aromatic N) is 5. The molecule has 0 spiro atoms. The van der Waals surface area contributed by atoms with E-state index in [0.29, 0.717) is 16.8 Å². The van der Waals surface area contributed by atoms with Crippen LogP contribution in [0.4, 0.5) is 34.6 Å². The van der Waals surface area contributed by atoms with Crippen LogP contribution < -0.4 is 10.6 Å². The summed E-state index contributed by atoms with van der Waals surface area (Å²) in [5, 5.41) is 25.7. The van der Waals surface area contributed by atoms with Crippen LogP contribution in [0.1, 0.15) is 5.56 Å². The Balaban J connectivity index is 1.59. The number of fused-ring (bicyclic) bond motifs is 1. The average Bonchev–Trinajstić information content (AvgIpc) is 2.89. The minimum Gasteiger partial charge on any atom is -0.505 e. The lowest BCUT2D eigenvalue weighted by Gasteiger charge is -2.14. The molecule has 0 amide bonds. The van der Waals surface area contributed by atoms with Crippen molar-refractivity contribution < 1.29 is 18.1 Å². The molecular formula is C26H20ClN7O4S. The highest BCUT2D eigenvalue weighted by atomic mass is 35.5. The lowest BCUT2D eigenvalue weighted by atomic mass is 10.1. The molecule has 13 heteroatoms. The van der Waals surface area contributed by atoms with Crippen molar-refractivity contribution in [3.8, 4) is 5.75 Å². The highest BCUT2D eigenvalue weighted by Crippen LogP contribution is 2.44. The van der Waals surface area contributed by atoms with Crippen molar-refractivity contribution in [1.82, 2.24) is 15.0 Å². The molecule has 0 unspecified atom stereocenters. The van der Waals surface area contributed by atoms with E-state index in [0.717, 1.165) is 11.3 Å². The van der Waals surface area contributed by atoms with Gasteiger partial charge >= 0.3 is 0 Å². The number of phenolic OH excluding ortho intramolecular Hbond substituents is 1. The van der Waals surface area contributed by atoms with Crippen molar-refractivity contribution in [1.29, 1.82) is 0 Å². The number of para-hydroxylation sites is 1. The summed E-state index contributed by atoms with van der Waals surface area (Å²) < 4.78 is 34.2. The second kappa shape index (κ2) is 10.6. The molecule has 5 aromatic rings. The lowest BCUT2D eigenvalue weighted by molar-refractivity contribution is 0.472. The van der Waals surface area contributed by atoms with Crippen LogP contribution in [0.25, 0.3) is 10.8 Å². The minimum absolute atomic E-state index is 0.0574. The van der Waals surface area contributed by atoms with Crippen LogP contribution >= 0.6 is 11.6 Å². The number of aromatic hydroxyl groups is 1. The Morgan fingerprint density at radius 3 is 2.23 bits per heavy atom. The first-order chi connectivity index (χ1) is 18.7. The van der Waals surface area contributed by atoms with Crippen molar-refractivity contribution >= 4 is 67.1 Å². The molecule has 0 aliphatic rings. The summed E-state index contributed by atoms with van der Waals surface area (Å²) >= 11 is 6.12. The van der Waals surface area contributed by atoms with Crippen molar-refractivity contribution in [2.45, 2.75) is 11.8 Å². The maximum Gasteiger partial charge on any atom is 0.296 e. The van der Waals surface area contributed by atoms with Crippen molar-refractivity contribution in [3.05, 3.63) is 89.7 Å². The van der Waals surface area contributed by atoms with Crippen LogP contribution in [0.3, 0.4) is 0 Å². The number of aromatic nitrogens is 3. The number of nitrogens with one attached hydrogen (secondary N) is 2. The molecule has 4 N–H and O–H groups in total. The minimum atomic E-state index is -4.76. The standard InChI is InChI=1S/C26H20ClN7O4S/c1-15-10-12-18(13-11-15)33-34-22-20(39(36,37)38)14-16-6-5-9-19(21(16)23(22)35)29-26-31-24(27)30-25(32-26)28-17-7-3-2-4-8-17/h2-14,35H,1H3,(H,36,37,38)(H2,28,29,30,31,32). The molecule has 0 bridgehead atoms. The van der Waals surface area contributed by atoms with Gasteiger partial charge in [0.1, 0.15) is 10.6 Å². The van der Waals surface area contributed by atoms with Crippen LogP contribution in [0.15, 0.2) is 94.0 Å². The molecule has 0 aliphatic heterocycles. The van der Waals surface area contributed by atoms with E-state index in [1.165, 1.54) is 6.07 Å². The number of rotatable bonds is 7. The third-order valence-corrected chi connectivity index (χ3v) is 6.58. The molecule has 39 heavy (non-hydrogen) atoms. The van der Waals surface area contributed by atoms with E-state index in [-0.39, 0.29) is 22.6 Å². The molecule has 5 rings (SSSR count). The number of anilines is 4. The van der Waals surface area contributed by atoms with E-state index in [1.807, 2.05) is 37.3 Å². The fourth-order valence-electron chi connectivity index (χ4n) is 3.75. The SMILES string of the molecule is Cc1ccc(N=Nc2c(S(=O)(=O)O)cc3cccc(Nc4nc(Cl)nc(Nc5ccccc5)n4)c3c2O)cc1. The van der Waals surface area contributed by atoms with Gasteiger partial charge in [-0.3, -0.25) is 4.55 Å². The first-order valence-corrected chi connectivity index (χ1v) is 13.2. The Morgan fingerprint density at radius 2 is 1.54 bits per heavy atom. The molecule has 0 saturated heterocycles. The van der Waals surface area contributed by atoms with E-state index in [1.54, 1.807) is 42.5 Å². The number of halogens is 1. The summed E-state index contributed by atoms with van der Waals surface area (Å²) in [7, 11) is -4.76.